The van der Waals surface area contributed by atoms with Gasteiger partial charge >= 0.3 is 0 Å². The highest BCUT2D eigenvalue weighted by Crippen LogP contribution is 2.38. The van der Waals surface area contributed by atoms with Crippen molar-refractivity contribution < 1.29 is 0 Å². The van der Waals surface area contributed by atoms with Crippen LogP contribution in [0.4, 0.5) is 0 Å². The first-order valence-electron chi connectivity index (χ1n) is 15.3. The fourth-order valence-corrected chi connectivity index (χ4v) is 11.4. The van der Waals surface area contributed by atoms with E-state index in [1.807, 2.05) is 0 Å². The Morgan fingerprint density at radius 1 is 0.295 bits per heavy atom. The second kappa shape index (κ2) is 12.2. The van der Waals surface area contributed by atoms with Gasteiger partial charge < -0.3 is 0 Å². The lowest BCUT2D eigenvalue weighted by Gasteiger charge is -2.35. The first-order valence-corrected chi connectivity index (χ1v) is 17.3. The van der Waals surface area contributed by atoms with Gasteiger partial charge in [0, 0.05) is 0 Å². The molecular weight excluding hydrogens is 545 g/mol. The van der Waals surface area contributed by atoms with Gasteiger partial charge in [-0.15, -0.1) is 0 Å². The van der Waals surface area contributed by atoms with E-state index in [0.717, 1.165) is 0 Å². The summed E-state index contributed by atoms with van der Waals surface area (Å²) in [6.07, 6.45) is 0. The standard InChI is InChI=1S/C43H34Si/c1-33-26-28-35(29-27-33)40-24-14-15-25-41(40)42-31-30-39(32-43(42)34-16-6-2-7-17-34)44(36-18-8-3-9-19-36,37-20-10-4-11-21-37)38-22-12-5-13-23-38/h2-32H,1H3. The predicted octanol–water partition coefficient (Wildman–Crippen LogP) is 8.37. The normalized spacial score (nSPS) is 11.3. The third-order valence-electron chi connectivity index (χ3n) is 8.74. The number of rotatable bonds is 7. The number of aryl methyl sites for hydroxylation is 1. The van der Waals surface area contributed by atoms with Crippen molar-refractivity contribution in [2.45, 2.75) is 6.92 Å². The minimum absolute atomic E-state index is 1.22. The second-order valence-corrected chi connectivity index (χ2v) is 15.2. The zero-order valence-electron chi connectivity index (χ0n) is 24.9. The third-order valence-corrected chi connectivity index (χ3v) is 13.5. The first kappa shape index (κ1) is 27.6. The lowest BCUT2D eigenvalue weighted by Crippen LogP contribution is -2.74. The Labute approximate surface area is 262 Å². The third kappa shape index (κ3) is 5.02. The number of hydrogen-bond donors (Lipinski definition) is 0. The first-order chi connectivity index (χ1) is 21.7. The summed E-state index contributed by atoms with van der Waals surface area (Å²) >= 11 is 0. The van der Waals surface area contributed by atoms with Crippen LogP contribution in [0.25, 0.3) is 33.4 Å². The van der Waals surface area contributed by atoms with Gasteiger partial charge in [0.25, 0.3) is 0 Å². The Kier molecular flexibility index (Phi) is 7.63. The molecule has 0 atom stereocenters. The summed E-state index contributed by atoms with van der Waals surface area (Å²) in [6.45, 7) is 2.14. The quantitative estimate of drug-likeness (QED) is 0.132. The highest BCUT2D eigenvalue weighted by Gasteiger charge is 2.41. The van der Waals surface area contributed by atoms with Crippen molar-refractivity contribution in [3.63, 3.8) is 0 Å². The summed E-state index contributed by atoms with van der Waals surface area (Å²) in [7, 11) is -2.67. The molecular formula is C43H34Si. The van der Waals surface area contributed by atoms with Crippen LogP contribution < -0.4 is 20.7 Å². The van der Waals surface area contributed by atoms with Crippen molar-refractivity contribution in [2.24, 2.45) is 0 Å². The van der Waals surface area contributed by atoms with Gasteiger partial charge in [0.15, 0.2) is 8.07 Å². The van der Waals surface area contributed by atoms with E-state index >= 15 is 0 Å². The predicted molar refractivity (Wildman–Crippen MR) is 191 cm³/mol. The van der Waals surface area contributed by atoms with Crippen LogP contribution in [-0.2, 0) is 0 Å². The molecule has 0 fully saturated rings. The van der Waals surface area contributed by atoms with E-state index in [2.05, 4.69) is 195 Å². The zero-order valence-corrected chi connectivity index (χ0v) is 25.9. The second-order valence-electron chi connectivity index (χ2n) is 11.4. The Hall–Kier alpha value is -5.24. The van der Waals surface area contributed by atoms with Crippen molar-refractivity contribution in [2.75, 3.05) is 0 Å². The summed E-state index contributed by atoms with van der Waals surface area (Å²) in [5, 5.41) is 5.51. The van der Waals surface area contributed by atoms with Gasteiger partial charge in [-0.1, -0.05) is 194 Å². The Morgan fingerprint density at radius 2 is 0.705 bits per heavy atom. The Morgan fingerprint density at radius 3 is 1.23 bits per heavy atom. The van der Waals surface area contributed by atoms with Crippen LogP contribution in [0.15, 0.2) is 188 Å². The zero-order chi connectivity index (χ0) is 29.8. The molecule has 7 rings (SSSR count). The van der Waals surface area contributed by atoms with E-state index in [-0.39, 0.29) is 0 Å². The minimum Gasteiger partial charge on any atom is -0.0623 e. The lowest BCUT2D eigenvalue weighted by molar-refractivity contribution is 1.47. The molecule has 0 nitrogen and oxygen atoms in total. The molecule has 0 saturated carbocycles. The molecule has 44 heavy (non-hydrogen) atoms. The number of hydrogen-bond acceptors (Lipinski definition) is 0. The maximum atomic E-state index is 2.50. The molecule has 0 radical (unpaired) electrons. The van der Waals surface area contributed by atoms with Gasteiger partial charge in [-0.3, -0.25) is 0 Å². The Bertz CT molecular complexity index is 1880. The van der Waals surface area contributed by atoms with Gasteiger partial charge in [-0.2, -0.15) is 0 Å². The van der Waals surface area contributed by atoms with Crippen LogP contribution >= 0.6 is 0 Å². The van der Waals surface area contributed by atoms with Crippen molar-refractivity contribution in [3.05, 3.63) is 194 Å². The van der Waals surface area contributed by atoms with Crippen LogP contribution in [0, 0.1) is 6.92 Å². The van der Waals surface area contributed by atoms with Gasteiger partial charge in [-0.05, 0) is 61.1 Å². The monoisotopic (exact) mass is 578 g/mol. The molecule has 1 heteroatoms. The summed E-state index contributed by atoms with van der Waals surface area (Å²) < 4.78 is 0. The average molecular weight is 579 g/mol. The average Bonchev–Trinajstić information content (AvgIpc) is 3.11. The van der Waals surface area contributed by atoms with E-state index in [1.165, 1.54) is 59.7 Å². The smallest absolute Gasteiger partial charge is 0.0623 e. The minimum atomic E-state index is -2.67. The molecule has 0 saturated heterocycles. The van der Waals surface area contributed by atoms with Gasteiger partial charge in [0.1, 0.15) is 0 Å². The van der Waals surface area contributed by atoms with Crippen molar-refractivity contribution in [1.82, 2.24) is 0 Å². The lowest BCUT2D eigenvalue weighted by atomic mass is 9.89. The molecule has 0 bridgehead atoms. The molecule has 7 aromatic carbocycles. The molecule has 0 aliphatic heterocycles. The van der Waals surface area contributed by atoms with Crippen molar-refractivity contribution in [3.8, 4) is 33.4 Å². The molecule has 0 aliphatic carbocycles. The van der Waals surface area contributed by atoms with E-state index in [9.17, 15) is 0 Å². The van der Waals surface area contributed by atoms with E-state index in [1.54, 1.807) is 0 Å². The SMILES string of the molecule is Cc1ccc(-c2ccccc2-c2ccc([Si](c3ccccc3)(c3ccccc3)c3ccccc3)cc2-c2ccccc2)cc1. The number of benzene rings is 7. The summed E-state index contributed by atoms with van der Waals surface area (Å²) in [5.74, 6) is 0. The van der Waals surface area contributed by atoms with Crippen LogP contribution in [0.2, 0.25) is 0 Å². The molecule has 0 heterocycles. The van der Waals surface area contributed by atoms with E-state index < -0.39 is 8.07 Å². The molecule has 0 N–H and O–H groups in total. The van der Waals surface area contributed by atoms with Crippen LogP contribution in [-0.4, -0.2) is 8.07 Å². The fraction of sp³-hybridized carbons (Fsp3) is 0.0233. The maximum Gasteiger partial charge on any atom is 0.179 e. The van der Waals surface area contributed by atoms with Gasteiger partial charge in [0.2, 0.25) is 0 Å². The molecule has 0 aromatic heterocycles. The largest absolute Gasteiger partial charge is 0.179 e. The summed E-state index contributed by atoms with van der Waals surface area (Å²) in [4.78, 5) is 0. The summed E-state index contributed by atoms with van der Waals surface area (Å²) in [5.41, 5.74) is 8.71. The van der Waals surface area contributed by atoms with Crippen LogP contribution in [0.1, 0.15) is 5.56 Å². The van der Waals surface area contributed by atoms with Crippen molar-refractivity contribution in [1.29, 1.82) is 0 Å². The molecule has 0 amide bonds. The van der Waals surface area contributed by atoms with E-state index in [4.69, 9.17) is 0 Å². The maximum absolute atomic E-state index is 2.67. The van der Waals surface area contributed by atoms with Crippen LogP contribution in [0.5, 0.6) is 0 Å². The highest BCUT2D eigenvalue weighted by atomic mass is 28.3. The van der Waals surface area contributed by atoms with Crippen molar-refractivity contribution >= 4 is 28.8 Å². The topological polar surface area (TPSA) is 0 Å². The van der Waals surface area contributed by atoms with Crippen LogP contribution in [0.3, 0.4) is 0 Å². The van der Waals surface area contributed by atoms with Gasteiger partial charge in [-0.25, -0.2) is 0 Å². The molecule has 210 valence electrons. The highest BCUT2D eigenvalue weighted by molar-refractivity contribution is 7.19. The summed E-state index contributed by atoms with van der Waals surface area (Å²) in [6, 6.07) is 69.3. The Balaban J connectivity index is 1.55. The fourth-order valence-electron chi connectivity index (χ4n) is 6.64. The van der Waals surface area contributed by atoms with E-state index in [0.29, 0.717) is 0 Å². The molecule has 0 aliphatic rings. The molecule has 0 spiro atoms. The molecule has 7 aromatic rings. The van der Waals surface area contributed by atoms with Gasteiger partial charge in [0.05, 0.1) is 0 Å². The molecule has 0 unspecified atom stereocenters.